The summed E-state index contributed by atoms with van der Waals surface area (Å²) in [5.41, 5.74) is -0.107. The fraction of sp³-hybridized carbons (Fsp3) is 0.353. The molecular weight excluding hydrogens is 310 g/mol. The standard InChI is InChI=1S/C17H21N3O4/c1-2-10-20-16(22)9-8-15(19-20)17(23)18-11-13(21)12-24-14-6-4-3-5-7-14/h3-9,13,21H,2,10-12H2,1H3,(H,18,23)/t13-/m0/s1. The van der Waals surface area contributed by atoms with Crippen molar-refractivity contribution in [2.24, 2.45) is 0 Å². The lowest BCUT2D eigenvalue weighted by Crippen LogP contribution is -2.36. The number of para-hydroxylation sites is 1. The quantitative estimate of drug-likeness (QED) is 0.747. The summed E-state index contributed by atoms with van der Waals surface area (Å²) < 4.78 is 6.66. The van der Waals surface area contributed by atoms with Gasteiger partial charge >= 0.3 is 0 Å². The summed E-state index contributed by atoms with van der Waals surface area (Å²) in [6.45, 7) is 2.46. The Morgan fingerprint density at radius 3 is 2.75 bits per heavy atom. The lowest BCUT2D eigenvalue weighted by molar-refractivity contribution is 0.0838. The van der Waals surface area contributed by atoms with Crippen molar-refractivity contribution < 1.29 is 14.6 Å². The molecule has 24 heavy (non-hydrogen) atoms. The molecule has 2 aromatic rings. The zero-order valence-electron chi connectivity index (χ0n) is 13.5. The summed E-state index contributed by atoms with van der Waals surface area (Å²) in [6.07, 6.45) is -0.108. The number of nitrogens with one attached hydrogen (secondary N) is 1. The van der Waals surface area contributed by atoms with Crippen molar-refractivity contribution in [3.8, 4) is 5.75 Å². The van der Waals surface area contributed by atoms with Crippen LogP contribution in [0.25, 0.3) is 0 Å². The molecule has 0 radical (unpaired) electrons. The number of nitrogens with zero attached hydrogens (tertiary/aromatic N) is 2. The molecule has 7 heteroatoms. The van der Waals surface area contributed by atoms with Crippen LogP contribution in [0.1, 0.15) is 23.8 Å². The Balaban J connectivity index is 1.84. The van der Waals surface area contributed by atoms with Crippen LogP contribution in [0.3, 0.4) is 0 Å². The third-order valence-electron chi connectivity index (χ3n) is 3.22. The predicted molar refractivity (Wildman–Crippen MR) is 89.1 cm³/mol. The molecule has 0 aliphatic heterocycles. The Morgan fingerprint density at radius 1 is 1.29 bits per heavy atom. The molecule has 0 saturated heterocycles. The van der Waals surface area contributed by atoms with E-state index in [1.165, 1.54) is 16.8 Å². The minimum absolute atomic E-state index is 0.0280. The molecule has 1 aromatic heterocycles. The Kier molecular flexibility index (Phi) is 6.51. The zero-order valence-corrected chi connectivity index (χ0v) is 13.5. The molecule has 1 amide bonds. The number of rotatable bonds is 8. The molecule has 0 spiro atoms. The molecule has 128 valence electrons. The van der Waals surface area contributed by atoms with E-state index in [-0.39, 0.29) is 24.4 Å². The van der Waals surface area contributed by atoms with Crippen LogP contribution in [0.5, 0.6) is 5.75 Å². The smallest absolute Gasteiger partial charge is 0.271 e. The largest absolute Gasteiger partial charge is 0.491 e. The second-order valence-electron chi connectivity index (χ2n) is 5.27. The first kappa shape index (κ1) is 17.7. The Labute approximate surface area is 139 Å². The van der Waals surface area contributed by atoms with E-state index in [0.29, 0.717) is 12.3 Å². The summed E-state index contributed by atoms with van der Waals surface area (Å²) >= 11 is 0. The van der Waals surface area contributed by atoms with E-state index in [1.807, 2.05) is 25.1 Å². The summed E-state index contributed by atoms with van der Waals surface area (Å²) in [7, 11) is 0. The van der Waals surface area contributed by atoms with Gasteiger partial charge < -0.3 is 15.2 Å². The maximum absolute atomic E-state index is 12.1. The first-order valence-corrected chi connectivity index (χ1v) is 7.82. The normalized spacial score (nSPS) is 11.8. The van der Waals surface area contributed by atoms with Crippen LogP contribution < -0.4 is 15.6 Å². The molecular formula is C17H21N3O4. The van der Waals surface area contributed by atoms with E-state index < -0.39 is 12.0 Å². The van der Waals surface area contributed by atoms with Gasteiger partial charge in [0.05, 0.1) is 0 Å². The van der Waals surface area contributed by atoms with Crippen molar-refractivity contribution in [2.75, 3.05) is 13.2 Å². The lowest BCUT2D eigenvalue weighted by atomic mass is 10.3. The highest BCUT2D eigenvalue weighted by molar-refractivity contribution is 5.91. The van der Waals surface area contributed by atoms with Crippen LogP contribution in [-0.2, 0) is 6.54 Å². The van der Waals surface area contributed by atoms with Gasteiger partial charge in [-0.3, -0.25) is 9.59 Å². The average molecular weight is 331 g/mol. The van der Waals surface area contributed by atoms with E-state index >= 15 is 0 Å². The molecule has 2 rings (SSSR count). The number of hydrogen-bond donors (Lipinski definition) is 2. The van der Waals surface area contributed by atoms with Gasteiger partial charge in [0.15, 0.2) is 0 Å². The van der Waals surface area contributed by atoms with E-state index in [4.69, 9.17) is 4.74 Å². The van der Waals surface area contributed by atoms with Crippen molar-refractivity contribution >= 4 is 5.91 Å². The van der Waals surface area contributed by atoms with Gasteiger partial charge in [-0.1, -0.05) is 25.1 Å². The molecule has 0 unspecified atom stereocenters. The number of aryl methyl sites for hydroxylation is 1. The fourth-order valence-corrected chi connectivity index (χ4v) is 2.01. The topological polar surface area (TPSA) is 93.5 Å². The maximum Gasteiger partial charge on any atom is 0.271 e. The van der Waals surface area contributed by atoms with Crippen molar-refractivity contribution in [2.45, 2.75) is 26.0 Å². The highest BCUT2D eigenvalue weighted by Gasteiger charge is 2.12. The first-order valence-electron chi connectivity index (χ1n) is 7.82. The van der Waals surface area contributed by atoms with Crippen molar-refractivity contribution in [1.29, 1.82) is 0 Å². The highest BCUT2D eigenvalue weighted by Crippen LogP contribution is 2.08. The Bertz CT molecular complexity index is 715. The fourth-order valence-electron chi connectivity index (χ4n) is 2.01. The summed E-state index contributed by atoms with van der Waals surface area (Å²) in [6, 6.07) is 11.8. The minimum atomic E-state index is -0.851. The molecule has 1 heterocycles. The first-order chi connectivity index (χ1) is 11.6. The summed E-state index contributed by atoms with van der Waals surface area (Å²) in [4.78, 5) is 23.6. The van der Waals surface area contributed by atoms with Gasteiger partial charge in [-0.2, -0.15) is 5.10 Å². The van der Waals surface area contributed by atoms with Gasteiger partial charge in [0.2, 0.25) is 0 Å². The van der Waals surface area contributed by atoms with Gasteiger partial charge in [-0.05, 0) is 24.6 Å². The predicted octanol–water partition coefficient (Wildman–Crippen LogP) is 0.823. The van der Waals surface area contributed by atoms with Crippen LogP contribution in [0.2, 0.25) is 0 Å². The second-order valence-corrected chi connectivity index (χ2v) is 5.27. The number of aromatic nitrogens is 2. The number of amides is 1. The number of carbonyl (C=O) groups excluding carboxylic acids is 1. The monoisotopic (exact) mass is 331 g/mol. The highest BCUT2D eigenvalue weighted by atomic mass is 16.5. The molecule has 0 aliphatic carbocycles. The average Bonchev–Trinajstić information content (AvgIpc) is 2.61. The number of aliphatic hydroxyl groups excluding tert-OH is 1. The zero-order chi connectivity index (χ0) is 17.4. The Hall–Kier alpha value is -2.67. The molecule has 0 saturated carbocycles. The van der Waals surface area contributed by atoms with Crippen LogP contribution in [-0.4, -0.2) is 40.0 Å². The van der Waals surface area contributed by atoms with Gasteiger partial charge in [0.25, 0.3) is 11.5 Å². The van der Waals surface area contributed by atoms with Crippen molar-refractivity contribution in [3.63, 3.8) is 0 Å². The lowest BCUT2D eigenvalue weighted by Gasteiger charge is -2.13. The maximum atomic E-state index is 12.1. The second kappa shape index (κ2) is 8.83. The van der Waals surface area contributed by atoms with E-state index in [1.54, 1.807) is 12.1 Å². The molecule has 1 atom stereocenters. The molecule has 0 bridgehead atoms. The Morgan fingerprint density at radius 2 is 2.04 bits per heavy atom. The molecule has 2 N–H and O–H groups in total. The summed E-state index contributed by atoms with van der Waals surface area (Å²) in [5.74, 6) is 0.204. The van der Waals surface area contributed by atoms with Gasteiger partial charge in [0.1, 0.15) is 24.2 Å². The van der Waals surface area contributed by atoms with Gasteiger partial charge in [-0.15, -0.1) is 0 Å². The molecule has 7 nitrogen and oxygen atoms in total. The van der Waals surface area contributed by atoms with Crippen molar-refractivity contribution in [1.82, 2.24) is 15.1 Å². The van der Waals surface area contributed by atoms with Crippen LogP contribution in [0.15, 0.2) is 47.3 Å². The van der Waals surface area contributed by atoms with Crippen molar-refractivity contribution in [3.05, 3.63) is 58.5 Å². The van der Waals surface area contributed by atoms with E-state index in [2.05, 4.69) is 10.4 Å². The molecule has 0 aliphatic rings. The SMILES string of the molecule is CCCn1nc(C(=O)NC[C@H](O)COc2ccccc2)ccc1=O. The molecule has 0 fully saturated rings. The van der Waals surface area contributed by atoms with Gasteiger partial charge in [0, 0.05) is 19.2 Å². The van der Waals surface area contributed by atoms with Crippen LogP contribution in [0.4, 0.5) is 0 Å². The van der Waals surface area contributed by atoms with E-state index in [0.717, 1.165) is 6.42 Å². The van der Waals surface area contributed by atoms with E-state index in [9.17, 15) is 14.7 Å². The number of benzene rings is 1. The number of aliphatic hydroxyl groups is 1. The third kappa shape index (κ3) is 5.20. The van der Waals surface area contributed by atoms with Gasteiger partial charge in [-0.25, -0.2) is 4.68 Å². The number of carbonyl (C=O) groups is 1. The third-order valence-corrected chi connectivity index (χ3v) is 3.22. The number of hydrogen-bond acceptors (Lipinski definition) is 5. The number of ether oxygens (including phenoxy) is 1. The van der Waals surface area contributed by atoms with Crippen LogP contribution in [0, 0.1) is 0 Å². The minimum Gasteiger partial charge on any atom is -0.491 e. The summed E-state index contributed by atoms with van der Waals surface area (Å²) in [5, 5.41) is 16.5. The molecule has 1 aromatic carbocycles. The van der Waals surface area contributed by atoms with Crippen LogP contribution >= 0.6 is 0 Å².